The van der Waals surface area contributed by atoms with Crippen LogP contribution in [-0.2, 0) is 14.3 Å². The molecule has 2 rings (SSSR count). The van der Waals surface area contributed by atoms with Gasteiger partial charge >= 0.3 is 5.97 Å². The van der Waals surface area contributed by atoms with Gasteiger partial charge in [0.15, 0.2) is 5.75 Å². The number of anilines is 1. The molecule has 0 aliphatic heterocycles. The highest BCUT2D eigenvalue weighted by Crippen LogP contribution is 2.35. The van der Waals surface area contributed by atoms with Crippen LogP contribution in [0.1, 0.15) is 44.9 Å². The fraction of sp³-hybridized carbons (Fsp3) is 0.364. The van der Waals surface area contributed by atoms with E-state index in [4.69, 9.17) is 27.9 Å². The monoisotopic (exact) mass is 437 g/mol. The summed E-state index contributed by atoms with van der Waals surface area (Å²) in [5.41, 5.74) is 0.585. The number of rotatable bonds is 11. The number of benzene rings is 2. The molecule has 0 spiro atoms. The Hall–Kier alpha value is -2.24. The minimum Gasteiger partial charge on any atom is -0.469 e. The van der Waals surface area contributed by atoms with Crippen LogP contribution in [0.2, 0.25) is 10.0 Å². The third kappa shape index (κ3) is 8.34. The van der Waals surface area contributed by atoms with Crippen molar-refractivity contribution in [1.29, 1.82) is 0 Å². The lowest BCUT2D eigenvalue weighted by Crippen LogP contribution is -2.11. The topological polar surface area (TPSA) is 64.6 Å². The highest BCUT2D eigenvalue weighted by molar-refractivity contribution is 6.35. The second-order valence-corrected chi connectivity index (χ2v) is 7.41. The summed E-state index contributed by atoms with van der Waals surface area (Å²) in [5.74, 6) is 0.723. The van der Waals surface area contributed by atoms with E-state index in [2.05, 4.69) is 10.1 Å². The summed E-state index contributed by atoms with van der Waals surface area (Å²) in [6.45, 7) is 0. The van der Waals surface area contributed by atoms with Crippen LogP contribution < -0.4 is 10.1 Å². The number of hydrogen-bond acceptors (Lipinski definition) is 4. The van der Waals surface area contributed by atoms with Crippen LogP contribution in [0.4, 0.5) is 5.69 Å². The van der Waals surface area contributed by atoms with Crippen LogP contribution in [0.3, 0.4) is 0 Å². The van der Waals surface area contributed by atoms with Crippen molar-refractivity contribution < 1.29 is 19.1 Å². The first kappa shape index (κ1) is 23.0. The summed E-state index contributed by atoms with van der Waals surface area (Å²) in [5, 5.41) is 3.81. The molecule has 29 heavy (non-hydrogen) atoms. The second kappa shape index (κ2) is 12.3. The van der Waals surface area contributed by atoms with Gasteiger partial charge in [-0.25, -0.2) is 0 Å². The lowest BCUT2D eigenvalue weighted by atomic mass is 10.1. The molecule has 0 saturated carbocycles. The maximum atomic E-state index is 12.3. The van der Waals surface area contributed by atoms with Gasteiger partial charge in [-0.05, 0) is 43.2 Å². The van der Waals surface area contributed by atoms with Gasteiger partial charge in [-0.15, -0.1) is 0 Å². The van der Waals surface area contributed by atoms with E-state index in [1.807, 2.05) is 12.1 Å². The number of unbranched alkanes of at least 4 members (excludes halogenated alkanes) is 4. The molecule has 0 heterocycles. The van der Waals surface area contributed by atoms with Crippen molar-refractivity contribution in [2.75, 3.05) is 12.4 Å². The van der Waals surface area contributed by atoms with E-state index in [0.717, 1.165) is 32.1 Å². The van der Waals surface area contributed by atoms with Crippen molar-refractivity contribution in [1.82, 2.24) is 0 Å². The molecular weight excluding hydrogens is 413 g/mol. The van der Waals surface area contributed by atoms with E-state index in [-0.39, 0.29) is 11.9 Å². The average molecular weight is 438 g/mol. The Labute approximate surface area is 181 Å². The summed E-state index contributed by atoms with van der Waals surface area (Å²) >= 11 is 12.1. The lowest BCUT2D eigenvalue weighted by Gasteiger charge is -2.13. The summed E-state index contributed by atoms with van der Waals surface area (Å²) in [6, 6.07) is 12.2. The van der Waals surface area contributed by atoms with Gasteiger partial charge in [0.25, 0.3) is 0 Å². The van der Waals surface area contributed by atoms with Crippen LogP contribution in [0.15, 0.2) is 42.5 Å². The van der Waals surface area contributed by atoms with Gasteiger partial charge in [-0.2, -0.15) is 0 Å². The predicted molar refractivity (Wildman–Crippen MR) is 116 cm³/mol. The summed E-state index contributed by atoms with van der Waals surface area (Å²) < 4.78 is 10.5. The predicted octanol–water partition coefficient (Wildman–Crippen LogP) is 6.63. The quantitative estimate of drug-likeness (QED) is 0.316. The zero-order valence-electron chi connectivity index (χ0n) is 16.4. The van der Waals surface area contributed by atoms with Crippen molar-refractivity contribution in [2.24, 2.45) is 0 Å². The molecule has 0 bridgehead atoms. The van der Waals surface area contributed by atoms with Gasteiger partial charge in [0, 0.05) is 17.9 Å². The molecule has 5 nitrogen and oxygen atoms in total. The number of methoxy groups -OCH3 is 1. The third-order valence-corrected chi connectivity index (χ3v) is 4.82. The molecule has 0 atom stereocenters. The van der Waals surface area contributed by atoms with Crippen LogP contribution in [0.5, 0.6) is 11.5 Å². The number of para-hydroxylation sites is 2. The molecule has 0 aromatic heterocycles. The molecule has 156 valence electrons. The summed E-state index contributed by atoms with van der Waals surface area (Å²) in [6.07, 6.45) is 5.35. The molecule has 7 heteroatoms. The summed E-state index contributed by atoms with van der Waals surface area (Å²) in [7, 11) is 1.40. The molecular formula is C22H25Cl2NO4. The standard InChI is InChI=1S/C22H25Cl2NO4/c1-28-22(27)12-6-4-2-3-5-11-21(26)25-18-9-7-8-10-20(18)29-19-14-13-16(23)15-17(19)24/h7-10,13-15H,2-6,11-12H2,1H3,(H,25,26). The normalized spacial score (nSPS) is 10.4. The maximum absolute atomic E-state index is 12.3. The van der Waals surface area contributed by atoms with Crippen molar-refractivity contribution in [3.8, 4) is 11.5 Å². The number of hydrogen-bond donors (Lipinski definition) is 1. The SMILES string of the molecule is COC(=O)CCCCCCCC(=O)Nc1ccccc1Oc1ccc(Cl)cc1Cl. The fourth-order valence-electron chi connectivity index (χ4n) is 2.74. The van der Waals surface area contributed by atoms with Gasteiger partial charge in [0.2, 0.25) is 5.91 Å². The molecule has 0 unspecified atom stereocenters. The molecule has 2 aromatic carbocycles. The number of carbonyl (C=O) groups is 2. The molecule has 0 saturated heterocycles. The summed E-state index contributed by atoms with van der Waals surface area (Å²) in [4.78, 5) is 23.3. The first-order chi connectivity index (χ1) is 14.0. The smallest absolute Gasteiger partial charge is 0.305 e. The van der Waals surface area contributed by atoms with E-state index in [9.17, 15) is 9.59 Å². The molecule has 0 radical (unpaired) electrons. The maximum Gasteiger partial charge on any atom is 0.305 e. The highest BCUT2D eigenvalue weighted by atomic mass is 35.5. The fourth-order valence-corrected chi connectivity index (χ4v) is 3.18. The molecule has 0 aliphatic carbocycles. The average Bonchev–Trinajstić information content (AvgIpc) is 2.70. The van der Waals surface area contributed by atoms with Crippen molar-refractivity contribution >= 4 is 40.8 Å². The van der Waals surface area contributed by atoms with Crippen LogP contribution in [0, 0.1) is 0 Å². The van der Waals surface area contributed by atoms with Gasteiger partial charge in [0.1, 0.15) is 5.75 Å². The van der Waals surface area contributed by atoms with Crippen molar-refractivity contribution in [2.45, 2.75) is 44.9 Å². The van der Waals surface area contributed by atoms with Crippen molar-refractivity contribution in [3.63, 3.8) is 0 Å². The van der Waals surface area contributed by atoms with Gasteiger partial charge in [-0.1, -0.05) is 54.6 Å². The Morgan fingerprint density at radius 3 is 2.31 bits per heavy atom. The molecule has 2 aromatic rings. The van der Waals surface area contributed by atoms with E-state index in [1.165, 1.54) is 7.11 Å². The molecule has 1 N–H and O–H groups in total. The Bertz CT molecular complexity index is 826. The van der Waals surface area contributed by atoms with Crippen LogP contribution in [-0.4, -0.2) is 19.0 Å². The number of carbonyl (C=O) groups excluding carboxylic acids is 2. The highest BCUT2D eigenvalue weighted by Gasteiger charge is 2.10. The number of halogens is 2. The number of ether oxygens (including phenoxy) is 2. The molecule has 0 aliphatic rings. The van der Waals surface area contributed by atoms with Gasteiger partial charge in [-0.3, -0.25) is 9.59 Å². The third-order valence-electron chi connectivity index (χ3n) is 4.29. The van der Waals surface area contributed by atoms with E-state index >= 15 is 0 Å². The first-order valence-corrected chi connectivity index (χ1v) is 10.3. The zero-order valence-corrected chi connectivity index (χ0v) is 17.9. The second-order valence-electron chi connectivity index (χ2n) is 6.57. The van der Waals surface area contributed by atoms with Gasteiger partial charge in [0.05, 0.1) is 17.8 Å². The number of nitrogens with one attached hydrogen (secondary N) is 1. The van der Waals surface area contributed by atoms with Crippen molar-refractivity contribution in [3.05, 3.63) is 52.5 Å². The van der Waals surface area contributed by atoms with E-state index < -0.39 is 0 Å². The van der Waals surface area contributed by atoms with E-state index in [0.29, 0.717) is 40.1 Å². The zero-order chi connectivity index (χ0) is 21.1. The lowest BCUT2D eigenvalue weighted by molar-refractivity contribution is -0.140. The largest absolute Gasteiger partial charge is 0.469 e. The van der Waals surface area contributed by atoms with E-state index in [1.54, 1.807) is 30.3 Å². The Balaban J connectivity index is 1.78. The van der Waals surface area contributed by atoms with Crippen LogP contribution >= 0.6 is 23.2 Å². The Kier molecular flexibility index (Phi) is 9.81. The first-order valence-electron chi connectivity index (χ1n) is 9.58. The molecule has 0 fully saturated rings. The number of esters is 1. The van der Waals surface area contributed by atoms with Crippen LogP contribution in [0.25, 0.3) is 0 Å². The Morgan fingerprint density at radius 1 is 0.897 bits per heavy atom. The Morgan fingerprint density at radius 2 is 1.59 bits per heavy atom. The number of amides is 1. The van der Waals surface area contributed by atoms with Gasteiger partial charge < -0.3 is 14.8 Å². The minimum absolute atomic E-state index is 0.0715. The minimum atomic E-state index is -0.176. The molecule has 1 amide bonds.